The molecule has 6 nitrogen and oxygen atoms in total. The summed E-state index contributed by atoms with van der Waals surface area (Å²) in [5, 5.41) is 1.33. The van der Waals surface area contributed by atoms with Gasteiger partial charge in [-0.05, 0) is 64.2 Å². The predicted molar refractivity (Wildman–Crippen MR) is 106 cm³/mol. The maximum absolute atomic E-state index is 13.8. The van der Waals surface area contributed by atoms with Crippen LogP contribution in [0.5, 0.6) is 0 Å². The number of ether oxygens (including phenoxy) is 2. The number of halogens is 4. The molecule has 2 heterocycles. The molecule has 0 bridgehead atoms. The highest BCUT2D eigenvalue weighted by atomic mass is 35.5. The van der Waals surface area contributed by atoms with Gasteiger partial charge < -0.3 is 9.47 Å². The van der Waals surface area contributed by atoms with Crippen LogP contribution in [0.3, 0.4) is 0 Å². The Bertz CT molecular complexity index is 837. The number of rotatable bonds is 6. The third kappa shape index (κ3) is 4.73. The molecule has 2 unspecified atom stereocenters. The SMILES string of the molecule is CCC(OC1C=CN(c2ccc(C(=O)OC(C)(C)C)c(Cl)n2)N1)(C1CC1)C(F)(F)F. The number of nitrogens with zero attached hydrogens (tertiary/aromatic N) is 2. The second-order valence-electron chi connectivity index (χ2n) is 8.40. The van der Waals surface area contributed by atoms with Crippen LogP contribution in [0, 0.1) is 5.92 Å². The van der Waals surface area contributed by atoms with Crippen molar-refractivity contribution in [3.63, 3.8) is 0 Å². The zero-order chi connectivity index (χ0) is 22.3. The summed E-state index contributed by atoms with van der Waals surface area (Å²) in [6.45, 7) is 6.69. The van der Waals surface area contributed by atoms with Gasteiger partial charge in [-0.1, -0.05) is 18.5 Å². The second kappa shape index (κ2) is 8.01. The van der Waals surface area contributed by atoms with Crippen LogP contribution in [-0.2, 0) is 9.47 Å². The first-order valence-corrected chi connectivity index (χ1v) is 10.1. The molecule has 1 aliphatic heterocycles. The van der Waals surface area contributed by atoms with E-state index in [0.29, 0.717) is 18.7 Å². The molecule has 0 aromatic carbocycles. The van der Waals surface area contributed by atoms with Crippen LogP contribution in [0.4, 0.5) is 19.0 Å². The van der Waals surface area contributed by atoms with Crippen molar-refractivity contribution in [1.82, 2.24) is 10.4 Å². The number of aromatic nitrogens is 1. The molecular weight excluding hydrogens is 423 g/mol. The molecule has 0 saturated heterocycles. The van der Waals surface area contributed by atoms with Gasteiger partial charge in [0.2, 0.25) is 0 Å². The molecule has 3 rings (SSSR count). The van der Waals surface area contributed by atoms with Crippen molar-refractivity contribution < 1.29 is 27.4 Å². The molecule has 166 valence electrons. The number of anilines is 1. The second-order valence-corrected chi connectivity index (χ2v) is 8.76. The van der Waals surface area contributed by atoms with E-state index >= 15 is 0 Å². The van der Waals surface area contributed by atoms with Crippen molar-refractivity contribution in [2.75, 3.05) is 5.01 Å². The summed E-state index contributed by atoms with van der Waals surface area (Å²) in [5.41, 5.74) is 0.0579. The molecule has 1 N–H and O–H groups in total. The number of hydrazine groups is 1. The third-order valence-corrected chi connectivity index (χ3v) is 5.24. The van der Waals surface area contributed by atoms with E-state index in [2.05, 4.69) is 10.4 Å². The van der Waals surface area contributed by atoms with E-state index in [-0.39, 0.29) is 17.1 Å². The summed E-state index contributed by atoms with van der Waals surface area (Å²) in [5.74, 6) is -0.845. The molecule has 10 heteroatoms. The predicted octanol–water partition coefficient (Wildman–Crippen LogP) is 4.99. The fourth-order valence-electron chi connectivity index (χ4n) is 3.38. The summed E-state index contributed by atoms with van der Waals surface area (Å²) in [6, 6.07) is 2.97. The quantitative estimate of drug-likeness (QED) is 0.489. The summed E-state index contributed by atoms with van der Waals surface area (Å²) >= 11 is 6.14. The van der Waals surface area contributed by atoms with Crippen LogP contribution in [-0.4, -0.2) is 34.6 Å². The van der Waals surface area contributed by atoms with E-state index < -0.39 is 35.5 Å². The molecule has 30 heavy (non-hydrogen) atoms. The molecule has 1 fully saturated rings. The minimum Gasteiger partial charge on any atom is -0.456 e. The summed E-state index contributed by atoms with van der Waals surface area (Å²) in [6.07, 6.45) is -1.62. The molecule has 0 spiro atoms. The van der Waals surface area contributed by atoms with E-state index in [1.807, 2.05) is 0 Å². The molecule has 1 aromatic rings. The molecule has 1 aliphatic carbocycles. The van der Waals surface area contributed by atoms with Crippen molar-refractivity contribution in [2.24, 2.45) is 5.92 Å². The zero-order valence-corrected chi connectivity index (χ0v) is 18.0. The highest BCUT2D eigenvalue weighted by Crippen LogP contribution is 2.53. The lowest BCUT2D eigenvalue weighted by molar-refractivity contribution is -0.298. The number of pyridine rings is 1. The Kier molecular flexibility index (Phi) is 6.10. The number of hydrogen-bond donors (Lipinski definition) is 1. The Morgan fingerprint density at radius 1 is 1.30 bits per heavy atom. The number of hydrogen-bond acceptors (Lipinski definition) is 6. The monoisotopic (exact) mass is 447 g/mol. The molecule has 2 aliphatic rings. The van der Waals surface area contributed by atoms with Gasteiger partial charge in [-0.25, -0.2) is 9.78 Å². The number of carbonyl (C=O) groups excluding carboxylic acids is 1. The lowest BCUT2D eigenvalue weighted by Crippen LogP contribution is -2.54. The molecule has 1 saturated carbocycles. The van der Waals surface area contributed by atoms with E-state index in [0.717, 1.165) is 0 Å². The largest absolute Gasteiger partial charge is 0.456 e. The maximum atomic E-state index is 13.8. The number of esters is 1. The highest BCUT2D eigenvalue weighted by molar-refractivity contribution is 6.32. The number of carbonyl (C=O) groups is 1. The minimum atomic E-state index is -4.47. The first-order chi connectivity index (χ1) is 13.9. The van der Waals surface area contributed by atoms with Gasteiger partial charge in [0, 0.05) is 6.20 Å². The molecule has 0 radical (unpaired) electrons. The summed E-state index contributed by atoms with van der Waals surface area (Å²) < 4.78 is 52.1. The van der Waals surface area contributed by atoms with Crippen molar-refractivity contribution in [3.05, 3.63) is 35.1 Å². The van der Waals surface area contributed by atoms with Crippen molar-refractivity contribution >= 4 is 23.4 Å². The van der Waals surface area contributed by atoms with E-state index in [9.17, 15) is 18.0 Å². The minimum absolute atomic E-state index is 0.0718. The van der Waals surface area contributed by atoms with Gasteiger partial charge in [0.15, 0.2) is 5.60 Å². The Morgan fingerprint density at radius 3 is 2.47 bits per heavy atom. The first kappa shape index (κ1) is 22.8. The van der Waals surface area contributed by atoms with Gasteiger partial charge in [0.05, 0.1) is 5.56 Å². The van der Waals surface area contributed by atoms with Gasteiger partial charge in [-0.3, -0.25) is 5.01 Å². The molecule has 2 atom stereocenters. The fourth-order valence-corrected chi connectivity index (χ4v) is 3.61. The molecular formula is C20H25ClF3N3O3. The molecule has 0 amide bonds. The van der Waals surface area contributed by atoms with Crippen LogP contribution in [0.1, 0.15) is 57.3 Å². The third-order valence-electron chi connectivity index (χ3n) is 4.96. The lowest BCUT2D eigenvalue weighted by atomic mass is 9.93. The van der Waals surface area contributed by atoms with Crippen molar-refractivity contribution in [3.8, 4) is 0 Å². The number of alkyl halides is 3. The maximum Gasteiger partial charge on any atom is 0.417 e. The Labute approximate surface area is 178 Å². The van der Waals surface area contributed by atoms with Crippen LogP contribution in [0.25, 0.3) is 0 Å². The van der Waals surface area contributed by atoms with E-state index in [4.69, 9.17) is 21.1 Å². The van der Waals surface area contributed by atoms with Gasteiger partial charge >= 0.3 is 12.1 Å². The van der Waals surface area contributed by atoms with Crippen LogP contribution in [0.2, 0.25) is 5.15 Å². The Hall–Kier alpha value is -1.84. The lowest BCUT2D eigenvalue weighted by Gasteiger charge is -2.37. The standard InChI is InChI=1S/C20H25ClF3N3O3/c1-5-19(12-6-7-12,20(22,23)24)29-15-10-11-27(26-15)14-9-8-13(16(21)25-14)17(28)30-18(2,3)4/h8-12,15,26H,5-7H2,1-4H3. The normalized spacial score (nSPS) is 21.6. The number of nitrogens with one attached hydrogen (secondary N) is 1. The van der Waals surface area contributed by atoms with Crippen molar-refractivity contribution in [2.45, 2.75) is 70.6 Å². The Balaban J connectivity index is 1.70. The van der Waals surface area contributed by atoms with Gasteiger partial charge in [-0.15, -0.1) is 0 Å². The average Bonchev–Trinajstić information content (AvgIpc) is 3.36. The summed E-state index contributed by atoms with van der Waals surface area (Å²) in [4.78, 5) is 16.4. The fraction of sp³-hybridized carbons (Fsp3) is 0.600. The van der Waals surface area contributed by atoms with E-state index in [1.54, 1.807) is 20.8 Å². The molecule has 1 aromatic heterocycles. The smallest absolute Gasteiger partial charge is 0.417 e. The Morgan fingerprint density at radius 2 is 1.97 bits per heavy atom. The van der Waals surface area contributed by atoms with Gasteiger partial charge in [0.25, 0.3) is 0 Å². The van der Waals surface area contributed by atoms with Crippen LogP contribution >= 0.6 is 11.6 Å². The zero-order valence-electron chi connectivity index (χ0n) is 17.2. The van der Waals surface area contributed by atoms with Crippen LogP contribution in [0.15, 0.2) is 24.4 Å². The van der Waals surface area contributed by atoms with E-state index in [1.165, 1.54) is 36.3 Å². The van der Waals surface area contributed by atoms with Crippen LogP contribution < -0.4 is 10.4 Å². The van der Waals surface area contributed by atoms with Gasteiger partial charge in [0.1, 0.15) is 22.8 Å². The first-order valence-electron chi connectivity index (χ1n) is 9.74. The topological polar surface area (TPSA) is 63.7 Å². The average molecular weight is 448 g/mol. The van der Waals surface area contributed by atoms with Crippen molar-refractivity contribution in [1.29, 1.82) is 0 Å². The highest BCUT2D eigenvalue weighted by Gasteiger charge is 2.63. The summed E-state index contributed by atoms with van der Waals surface area (Å²) in [7, 11) is 0. The van der Waals surface area contributed by atoms with Gasteiger partial charge in [-0.2, -0.15) is 18.6 Å².